The molecule has 0 amide bonds. The number of aromatic nitrogens is 1. The van der Waals surface area contributed by atoms with Crippen LogP contribution in [0.4, 0.5) is 5.82 Å². The molecule has 1 aromatic rings. The molecule has 0 aliphatic carbocycles. The Morgan fingerprint density at radius 2 is 1.68 bits per heavy atom. The minimum Gasteiger partial charge on any atom is -0.292 e. The molecule has 6 heteroatoms. The molecule has 0 saturated carbocycles. The van der Waals surface area contributed by atoms with Gasteiger partial charge in [0.1, 0.15) is 5.82 Å². The van der Waals surface area contributed by atoms with E-state index in [2.05, 4.69) is 64.0 Å². The van der Waals surface area contributed by atoms with Gasteiger partial charge >= 0.3 is 0 Å². The summed E-state index contributed by atoms with van der Waals surface area (Å²) in [7, 11) is 8.49. The summed E-state index contributed by atoms with van der Waals surface area (Å²) in [5.41, 5.74) is 1.30. The Morgan fingerprint density at radius 3 is 2.36 bits per heavy atom. The monoisotopic (exact) mass is 365 g/mol. The Kier molecular flexibility index (Phi) is 8.00. The van der Waals surface area contributed by atoms with Gasteiger partial charge in [-0.3, -0.25) is 5.01 Å². The lowest BCUT2D eigenvalue weighted by molar-refractivity contribution is -0.0525. The number of thioether (sulfide) groups is 1. The third-order valence-electron chi connectivity index (χ3n) is 5.30. The molecule has 3 aliphatic rings. The summed E-state index contributed by atoms with van der Waals surface area (Å²) < 4.78 is 0. The Hall–Kier alpha value is -0.820. The van der Waals surface area contributed by atoms with Crippen molar-refractivity contribution in [1.29, 1.82) is 0 Å². The highest BCUT2D eigenvalue weighted by molar-refractivity contribution is 7.99. The van der Waals surface area contributed by atoms with Crippen LogP contribution in [0, 0.1) is 11.8 Å². The van der Waals surface area contributed by atoms with E-state index in [0.29, 0.717) is 0 Å². The highest BCUT2D eigenvalue weighted by Gasteiger charge is 2.32. The molecule has 3 aliphatic heterocycles. The van der Waals surface area contributed by atoms with E-state index in [9.17, 15) is 0 Å². The van der Waals surface area contributed by atoms with Crippen molar-refractivity contribution in [3.8, 4) is 0 Å². The molecule has 142 valence electrons. The summed E-state index contributed by atoms with van der Waals surface area (Å²) in [5, 5.41) is 8.94. The van der Waals surface area contributed by atoms with Crippen molar-refractivity contribution in [2.45, 2.75) is 26.8 Å². The second-order valence-corrected chi connectivity index (χ2v) is 8.04. The average Bonchev–Trinajstić information content (AvgIpc) is 2.93. The molecule has 25 heavy (non-hydrogen) atoms. The largest absolute Gasteiger partial charge is 0.292 e. The van der Waals surface area contributed by atoms with E-state index in [4.69, 9.17) is 0 Å². The molecule has 4 heterocycles. The van der Waals surface area contributed by atoms with Gasteiger partial charge in [0, 0.05) is 59.6 Å². The molecular weight excluding hydrogens is 330 g/mol. The van der Waals surface area contributed by atoms with Crippen LogP contribution in [0.15, 0.2) is 18.3 Å². The van der Waals surface area contributed by atoms with E-state index in [-0.39, 0.29) is 0 Å². The smallest absolute Gasteiger partial charge is 0.147 e. The molecule has 1 aromatic heterocycles. The van der Waals surface area contributed by atoms with Crippen LogP contribution in [0.1, 0.15) is 25.8 Å². The first-order chi connectivity index (χ1) is 12.1. The van der Waals surface area contributed by atoms with Gasteiger partial charge in [-0.05, 0) is 35.8 Å². The third kappa shape index (κ3) is 5.09. The number of fused-ring (bicyclic) bond motifs is 2. The Balaban J connectivity index is 0.000000165. The average molecular weight is 366 g/mol. The zero-order valence-electron chi connectivity index (χ0n) is 16.8. The normalized spacial score (nSPS) is 26.7. The predicted octanol–water partition coefficient (Wildman–Crippen LogP) is 3.05. The van der Waals surface area contributed by atoms with Gasteiger partial charge in [-0.15, -0.1) is 0 Å². The van der Waals surface area contributed by atoms with Crippen LogP contribution in [0.2, 0.25) is 0 Å². The number of nitrogens with zero attached hydrogens (tertiary/aromatic N) is 5. The van der Waals surface area contributed by atoms with E-state index in [1.807, 2.05) is 33.2 Å². The zero-order valence-corrected chi connectivity index (χ0v) is 17.6. The van der Waals surface area contributed by atoms with Gasteiger partial charge in [0.15, 0.2) is 0 Å². The van der Waals surface area contributed by atoms with E-state index in [0.717, 1.165) is 24.2 Å². The lowest BCUT2D eigenvalue weighted by Gasteiger charge is -2.44. The Bertz CT molecular complexity index is 508. The summed E-state index contributed by atoms with van der Waals surface area (Å²) >= 11 is 2.14. The number of hydrogen-bond donors (Lipinski definition) is 0. The fourth-order valence-corrected chi connectivity index (χ4v) is 4.92. The van der Waals surface area contributed by atoms with Crippen LogP contribution >= 0.6 is 11.8 Å². The second kappa shape index (κ2) is 9.76. The van der Waals surface area contributed by atoms with Crippen LogP contribution in [0.25, 0.3) is 0 Å². The molecular formula is C19H35N5S. The maximum absolute atomic E-state index is 4.27. The quantitative estimate of drug-likeness (QED) is 0.701. The summed E-state index contributed by atoms with van der Waals surface area (Å²) in [4.78, 5) is 4.27. The first-order valence-corrected chi connectivity index (χ1v) is 10.6. The molecule has 2 saturated heterocycles. The first kappa shape index (κ1) is 20.5. The highest BCUT2D eigenvalue weighted by atomic mass is 32.2. The zero-order chi connectivity index (χ0) is 18.4. The van der Waals surface area contributed by atoms with Crippen molar-refractivity contribution < 1.29 is 0 Å². The molecule has 0 bridgehead atoms. The fourth-order valence-electron chi connectivity index (χ4n) is 3.60. The van der Waals surface area contributed by atoms with E-state index in [1.165, 1.54) is 36.6 Å². The maximum atomic E-state index is 4.27. The van der Waals surface area contributed by atoms with E-state index in [1.54, 1.807) is 0 Å². The second-order valence-electron chi connectivity index (χ2n) is 6.89. The molecule has 0 spiro atoms. The van der Waals surface area contributed by atoms with Crippen LogP contribution in [0.3, 0.4) is 0 Å². The number of anilines is 1. The van der Waals surface area contributed by atoms with Crippen molar-refractivity contribution in [1.82, 2.24) is 20.0 Å². The van der Waals surface area contributed by atoms with Crippen molar-refractivity contribution in [3.05, 3.63) is 23.9 Å². The summed E-state index contributed by atoms with van der Waals surface area (Å²) in [6, 6.07) is 4.09. The minimum absolute atomic E-state index is 0.963. The molecule has 0 radical (unpaired) electrons. The van der Waals surface area contributed by atoms with Crippen molar-refractivity contribution in [3.63, 3.8) is 0 Å². The molecule has 2 unspecified atom stereocenters. The van der Waals surface area contributed by atoms with Gasteiger partial charge in [-0.2, -0.15) is 11.8 Å². The number of hydrazine groups is 2. The van der Waals surface area contributed by atoms with Crippen molar-refractivity contribution in [2.75, 3.05) is 57.8 Å². The Morgan fingerprint density at radius 1 is 1.00 bits per heavy atom. The Labute approximate surface area is 158 Å². The fraction of sp³-hybridized carbons (Fsp3) is 0.737. The molecule has 0 aromatic carbocycles. The molecule has 2 fully saturated rings. The molecule has 5 nitrogen and oxygen atoms in total. The predicted molar refractivity (Wildman–Crippen MR) is 110 cm³/mol. The summed E-state index contributed by atoms with van der Waals surface area (Å²) in [6.45, 7) is 7.52. The lowest BCUT2D eigenvalue weighted by atomic mass is 9.89. The van der Waals surface area contributed by atoms with E-state index >= 15 is 0 Å². The van der Waals surface area contributed by atoms with Gasteiger partial charge in [0.2, 0.25) is 0 Å². The minimum atomic E-state index is 0.963. The molecule has 4 rings (SSSR count). The topological polar surface area (TPSA) is 25.9 Å². The van der Waals surface area contributed by atoms with Gasteiger partial charge in [-0.1, -0.05) is 19.9 Å². The third-order valence-corrected chi connectivity index (χ3v) is 6.49. The summed E-state index contributed by atoms with van der Waals surface area (Å²) in [5.74, 6) is 5.80. The van der Waals surface area contributed by atoms with Gasteiger partial charge in [-0.25, -0.2) is 20.0 Å². The number of rotatable bonds is 0. The summed E-state index contributed by atoms with van der Waals surface area (Å²) in [6.07, 6.45) is 3.27. The molecule has 2 atom stereocenters. The first-order valence-electron chi connectivity index (χ1n) is 9.45. The van der Waals surface area contributed by atoms with Crippen LogP contribution < -0.4 is 5.01 Å². The maximum Gasteiger partial charge on any atom is 0.147 e. The number of hydrogen-bond acceptors (Lipinski definition) is 6. The van der Waals surface area contributed by atoms with Gasteiger partial charge in [0.05, 0.1) is 0 Å². The van der Waals surface area contributed by atoms with E-state index < -0.39 is 0 Å². The standard InChI is InChI=1S/C9H18N2S.C8H11N3.C2H6/c1-10-5-8-3-4-12-7-9(8)6-11(10)2;1-10-6-7-4-3-5-9-8(7)11(10)2;1-2/h8-9H,3-7H2,1-2H3;3-5H,6H2,1-2H3;1-2H3. The van der Waals surface area contributed by atoms with Gasteiger partial charge < -0.3 is 0 Å². The lowest BCUT2D eigenvalue weighted by Crippen LogP contribution is -2.52. The van der Waals surface area contributed by atoms with Crippen LogP contribution in [0.5, 0.6) is 0 Å². The number of pyridine rings is 1. The van der Waals surface area contributed by atoms with Crippen LogP contribution in [-0.2, 0) is 6.54 Å². The highest BCUT2D eigenvalue weighted by Crippen LogP contribution is 2.32. The van der Waals surface area contributed by atoms with Crippen molar-refractivity contribution >= 4 is 17.6 Å². The van der Waals surface area contributed by atoms with Gasteiger partial charge in [0.25, 0.3) is 0 Å². The van der Waals surface area contributed by atoms with Crippen molar-refractivity contribution in [2.24, 2.45) is 11.8 Å². The SMILES string of the molecule is CC.CN1CC2CCSCC2CN1C.CN1Cc2cccnc2N1C. The van der Waals surface area contributed by atoms with Crippen LogP contribution in [-0.4, -0.2) is 72.8 Å². The molecule has 0 N–H and O–H groups in total.